The van der Waals surface area contributed by atoms with Crippen LogP contribution in [0.25, 0.3) is 0 Å². The van der Waals surface area contributed by atoms with Gasteiger partial charge in [-0.05, 0) is 0 Å². The van der Waals surface area contributed by atoms with E-state index < -0.39 is 7.94 Å². The van der Waals surface area contributed by atoms with Crippen LogP contribution >= 0.6 is 7.94 Å². The minimum atomic E-state index is -3.74. The second kappa shape index (κ2) is 3.83. The lowest BCUT2D eigenvalue weighted by molar-refractivity contribution is -0.120. The van der Waals surface area contributed by atoms with Crippen LogP contribution in [-0.2, 0) is 4.79 Å². The van der Waals surface area contributed by atoms with Crippen molar-refractivity contribution in [2.75, 3.05) is 13.2 Å². The SMILES string of the molecule is CNC(=O)CC[P+](O)(O)O. The molecule has 0 aliphatic heterocycles. The lowest BCUT2D eigenvalue weighted by atomic mass is 10.5. The van der Waals surface area contributed by atoms with E-state index in [1.54, 1.807) is 0 Å². The van der Waals surface area contributed by atoms with E-state index >= 15 is 0 Å². The Kier molecular flexibility index (Phi) is 3.75. The molecular formula is C4H11NO4P+. The predicted octanol–water partition coefficient (Wildman–Crippen LogP) is -1.14. The molecule has 5 nitrogen and oxygen atoms in total. The van der Waals surface area contributed by atoms with Crippen LogP contribution < -0.4 is 5.32 Å². The molecule has 0 radical (unpaired) electrons. The first-order valence-corrected chi connectivity index (χ1v) is 4.56. The van der Waals surface area contributed by atoms with Crippen LogP contribution in [-0.4, -0.2) is 33.8 Å². The number of nitrogens with one attached hydrogen (secondary N) is 1. The summed E-state index contributed by atoms with van der Waals surface area (Å²) in [4.78, 5) is 35.6. The van der Waals surface area contributed by atoms with E-state index in [4.69, 9.17) is 14.7 Å². The van der Waals surface area contributed by atoms with Crippen molar-refractivity contribution in [1.29, 1.82) is 0 Å². The molecule has 0 aromatic carbocycles. The Balaban J connectivity index is 3.46. The lowest BCUT2D eigenvalue weighted by Gasteiger charge is -2.01. The average molecular weight is 168 g/mol. The summed E-state index contributed by atoms with van der Waals surface area (Å²) in [5, 5.41) is 2.28. The molecule has 0 bridgehead atoms. The molecule has 0 atom stereocenters. The summed E-state index contributed by atoms with van der Waals surface area (Å²) in [5.74, 6) is -0.318. The smallest absolute Gasteiger partial charge is 0.359 e. The number of hydrogen-bond donors (Lipinski definition) is 4. The molecule has 0 aromatic rings. The molecule has 0 heterocycles. The van der Waals surface area contributed by atoms with Gasteiger partial charge >= 0.3 is 7.94 Å². The third-order valence-corrected chi connectivity index (χ3v) is 1.74. The van der Waals surface area contributed by atoms with Gasteiger partial charge in [-0.15, -0.1) is 0 Å². The molecule has 0 rings (SSSR count). The average Bonchev–Trinajstić information content (AvgIpc) is 1.81. The second-order valence-electron chi connectivity index (χ2n) is 1.84. The largest absolute Gasteiger partial charge is 0.404 e. The Bertz CT molecular complexity index is 121. The Labute approximate surface area is 59.3 Å². The molecule has 0 aliphatic carbocycles. The van der Waals surface area contributed by atoms with Crippen molar-refractivity contribution in [2.24, 2.45) is 0 Å². The van der Waals surface area contributed by atoms with Crippen molar-refractivity contribution in [3.05, 3.63) is 0 Å². The van der Waals surface area contributed by atoms with Crippen LogP contribution in [0.1, 0.15) is 6.42 Å². The van der Waals surface area contributed by atoms with Crippen LogP contribution in [0, 0.1) is 0 Å². The molecule has 1 amide bonds. The van der Waals surface area contributed by atoms with E-state index in [-0.39, 0.29) is 18.5 Å². The maximum Gasteiger partial charge on any atom is 0.404 e. The van der Waals surface area contributed by atoms with Crippen molar-refractivity contribution in [2.45, 2.75) is 6.42 Å². The van der Waals surface area contributed by atoms with Gasteiger partial charge in [-0.2, -0.15) is 14.7 Å². The lowest BCUT2D eigenvalue weighted by Crippen LogP contribution is -2.19. The van der Waals surface area contributed by atoms with Gasteiger partial charge in [0, 0.05) is 7.05 Å². The minimum absolute atomic E-state index is 0.0617. The molecule has 0 spiro atoms. The molecule has 0 saturated heterocycles. The summed E-state index contributed by atoms with van der Waals surface area (Å²) in [6.07, 6.45) is -0.333. The maximum atomic E-state index is 10.4. The summed E-state index contributed by atoms with van der Waals surface area (Å²) in [7, 11) is -2.30. The summed E-state index contributed by atoms with van der Waals surface area (Å²) in [6.45, 7) is 0. The third-order valence-electron chi connectivity index (χ3n) is 0.918. The van der Waals surface area contributed by atoms with Crippen LogP contribution in [0.4, 0.5) is 0 Å². The number of rotatable bonds is 3. The molecule has 0 unspecified atom stereocenters. The van der Waals surface area contributed by atoms with E-state index in [1.807, 2.05) is 0 Å². The molecule has 0 fully saturated rings. The molecule has 0 aromatic heterocycles. The molecular weight excluding hydrogens is 157 g/mol. The zero-order valence-electron chi connectivity index (χ0n) is 5.61. The number of carbonyl (C=O) groups is 1. The fraction of sp³-hybridized carbons (Fsp3) is 0.750. The van der Waals surface area contributed by atoms with Gasteiger partial charge in [0.2, 0.25) is 5.91 Å². The highest BCUT2D eigenvalue weighted by molar-refractivity contribution is 7.58. The van der Waals surface area contributed by atoms with Crippen molar-refractivity contribution >= 4 is 13.9 Å². The van der Waals surface area contributed by atoms with Crippen molar-refractivity contribution in [3.8, 4) is 0 Å². The monoisotopic (exact) mass is 168 g/mol. The van der Waals surface area contributed by atoms with Crippen molar-refractivity contribution in [3.63, 3.8) is 0 Å². The van der Waals surface area contributed by atoms with Gasteiger partial charge in [-0.25, -0.2) is 0 Å². The number of carbonyl (C=O) groups excluding carboxylic acids is 1. The molecule has 6 heteroatoms. The molecule has 10 heavy (non-hydrogen) atoms. The first kappa shape index (κ1) is 9.78. The third kappa shape index (κ3) is 5.91. The summed E-state index contributed by atoms with van der Waals surface area (Å²) >= 11 is 0. The fourth-order valence-electron chi connectivity index (χ4n) is 0.377. The van der Waals surface area contributed by atoms with Gasteiger partial charge in [0.1, 0.15) is 6.16 Å². The van der Waals surface area contributed by atoms with Gasteiger partial charge < -0.3 is 5.32 Å². The van der Waals surface area contributed by atoms with E-state index in [0.717, 1.165) is 0 Å². The molecule has 4 N–H and O–H groups in total. The van der Waals surface area contributed by atoms with Gasteiger partial charge in [0.05, 0.1) is 6.42 Å². The van der Waals surface area contributed by atoms with E-state index in [9.17, 15) is 4.79 Å². The van der Waals surface area contributed by atoms with Crippen LogP contribution in [0.5, 0.6) is 0 Å². The first-order valence-electron chi connectivity index (χ1n) is 2.72. The molecule has 60 valence electrons. The Morgan fingerprint density at radius 2 is 2.00 bits per heavy atom. The quantitative estimate of drug-likeness (QED) is 0.401. The van der Waals surface area contributed by atoms with Crippen molar-refractivity contribution in [1.82, 2.24) is 5.32 Å². The van der Waals surface area contributed by atoms with Crippen LogP contribution in [0.15, 0.2) is 0 Å². The summed E-state index contributed by atoms with van der Waals surface area (Å²) in [5.41, 5.74) is 0. The predicted molar refractivity (Wildman–Crippen MR) is 37.1 cm³/mol. The minimum Gasteiger partial charge on any atom is -0.359 e. The highest BCUT2D eigenvalue weighted by Crippen LogP contribution is 2.44. The van der Waals surface area contributed by atoms with Gasteiger partial charge in [-0.3, -0.25) is 4.79 Å². The standard InChI is InChI=1S/C4H10NO4P/c1-5-4(6)2-3-10(7,8)9/h7-9H,2-3H2,1H3/p+1. The van der Waals surface area contributed by atoms with Gasteiger partial charge in [-0.1, -0.05) is 0 Å². The number of amides is 1. The van der Waals surface area contributed by atoms with E-state index in [0.29, 0.717) is 0 Å². The highest BCUT2D eigenvalue weighted by Gasteiger charge is 2.29. The number of hydrogen-bond acceptors (Lipinski definition) is 4. The van der Waals surface area contributed by atoms with Crippen molar-refractivity contribution < 1.29 is 19.5 Å². The Morgan fingerprint density at radius 3 is 2.30 bits per heavy atom. The second-order valence-corrected chi connectivity index (χ2v) is 3.67. The molecule has 0 aliphatic rings. The van der Waals surface area contributed by atoms with Gasteiger partial charge in [0.15, 0.2) is 0 Å². The highest BCUT2D eigenvalue weighted by atomic mass is 31.2. The Hall–Kier alpha value is -0.220. The first-order chi connectivity index (χ1) is 4.45. The normalized spacial score (nSPS) is 11.2. The molecule has 0 saturated carbocycles. The Morgan fingerprint density at radius 1 is 1.50 bits per heavy atom. The maximum absolute atomic E-state index is 10.4. The zero-order chi connectivity index (χ0) is 8.20. The summed E-state index contributed by atoms with van der Waals surface area (Å²) < 4.78 is 0. The fourth-order valence-corrected chi connectivity index (χ4v) is 0.880. The topological polar surface area (TPSA) is 89.8 Å². The van der Waals surface area contributed by atoms with Crippen LogP contribution in [0.3, 0.4) is 0 Å². The summed E-state index contributed by atoms with van der Waals surface area (Å²) in [6, 6.07) is 0. The zero-order valence-corrected chi connectivity index (χ0v) is 6.51. The van der Waals surface area contributed by atoms with Crippen LogP contribution in [0.2, 0.25) is 0 Å². The van der Waals surface area contributed by atoms with E-state index in [2.05, 4.69) is 5.32 Å². The van der Waals surface area contributed by atoms with E-state index in [1.165, 1.54) is 7.05 Å². The van der Waals surface area contributed by atoms with Gasteiger partial charge in [0.25, 0.3) is 0 Å².